The van der Waals surface area contributed by atoms with E-state index in [0.29, 0.717) is 31.9 Å². The monoisotopic (exact) mass is 349 g/mol. The zero-order chi connectivity index (χ0) is 14.7. The fourth-order valence-electron chi connectivity index (χ4n) is 2.32. The minimum absolute atomic E-state index is 0.0564. The standard InChI is InChI=1S/C16H16BrNO3/c17-14-4-3-11-7-13(2-1-12(11)8-14)16(19)18-9-15-10-20-5-6-21-15/h1-4,7-8,15H,5-6,9-10H2,(H,18,19). The number of rotatable bonds is 3. The van der Waals surface area contributed by atoms with E-state index in [1.54, 1.807) is 0 Å². The Morgan fingerprint density at radius 3 is 2.81 bits per heavy atom. The number of fused-ring (bicyclic) bond motifs is 1. The summed E-state index contributed by atoms with van der Waals surface area (Å²) in [6, 6.07) is 11.7. The van der Waals surface area contributed by atoms with Gasteiger partial charge in [0.15, 0.2) is 0 Å². The molecule has 2 aromatic rings. The normalized spacial score (nSPS) is 18.6. The number of hydrogen-bond donors (Lipinski definition) is 1. The molecular formula is C16H16BrNO3. The van der Waals surface area contributed by atoms with Gasteiger partial charge in [0.25, 0.3) is 5.91 Å². The molecule has 21 heavy (non-hydrogen) atoms. The Morgan fingerprint density at radius 2 is 2.00 bits per heavy atom. The van der Waals surface area contributed by atoms with Crippen LogP contribution in [0.2, 0.25) is 0 Å². The quantitative estimate of drug-likeness (QED) is 0.926. The smallest absolute Gasteiger partial charge is 0.251 e. The number of halogens is 1. The third-order valence-corrected chi connectivity index (χ3v) is 3.93. The summed E-state index contributed by atoms with van der Waals surface area (Å²) in [7, 11) is 0. The van der Waals surface area contributed by atoms with Gasteiger partial charge in [0.1, 0.15) is 0 Å². The third-order valence-electron chi connectivity index (χ3n) is 3.44. The summed E-state index contributed by atoms with van der Waals surface area (Å²) < 4.78 is 11.8. The highest BCUT2D eigenvalue weighted by molar-refractivity contribution is 9.10. The topological polar surface area (TPSA) is 47.6 Å². The van der Waals surface area contributed by atoms with Crippen molar-refractivity contribution < 1.29 is 14.3 Å². The molecule has 0 aromatic heterocycles. The molecule has 1 fully saturated rings. The molecule has 1 atom stereocenters. The van der Waals surface area contributed by atoms with E-state index in [1.165, 1.54) is 0 Å². The van der Waals surface area contributed by atoms with Crippen LogP contribution in [0, 0.1) is 0 Å². The van der Waals surface area contributed by atoms with Crippen LogP contribution >= 0.6 is 15.9 Å². The Morgan fingerprint density at radius 1 is 1.19 bits per heavy atom. The lowest BCUT2D eigenvalue weighted by molar-refractivity contribution is -0.0855. The first-order chi connectivity index (χ1) is 10.2. The molecule has 1 N–H and O–H groups in total. The predicted molar refractivity (Wildman–Crippen MR) is 84.5 cm³/mol. The highest BCUT2D eigenvalue weighted by Gasteiger charge is 2.15. The molecule has 2 aromatic carbocycles. The summed E-state index contributed by atoms with van der Waals surface area (Å²) in [5.41, 5.74) is 0.654. The third kappa shape index (κ3) is 3.61. The first-order valence-electron chi connectivity index (χ1n) is 6.89. The van der Waals surface area contributed by atoms with Gasteiger partial charge in [-0.2, -0.15) is 0 Å². The molecule has 110 valence electrons. The largest absolute Gasteiger partial charge is 0.376 e. The van der Waals surface area contributed by atoms with Crippen LogP contribution in [0.3, 0.4) is 0 Å². The van der Waals surface area contributed by atoms with Gasteiger partial charge in [-0.05, 0) is 35.0 Å². The summed E-state index contributed by atoms with van der Waals surface area (Å²) >= 11 is 3.44. The molecule has 3 rings (SSSR count). The van der Waals surface area contributed by atoms with Crippen molar-refractivity contribution in [3.8, 4) is 0 Å². The highest BCUT2D eigenvalue weighted by Crippen LogP contribution is 2.21. The van der Waals surface area contributed by atoms with Crippen molar-refractivity contribution in [3.05, 3.63) is 46.4 Å². The van der Waals surface area contributed by atoms with Gasteiger partial charge in [-0.15, -0.1) is 0 Å². The van der Waals surface area contributed by atoms with E-state index in [-0.39, 0.29) is 12.0 Å². The van der Waals surface area contributed by atoms with E-state index in [2.05, 4.69) is 21.2 Å². The van der Waals surface area contributed by atoms with Gasteiger partial charge in [-0.3, -0.25) is 4.79 Å². The summed E-state index contributed by atoms with van der Waals surface area (Å²) in [4.78, 5) is 12.2. The molecule has 1 heterocycles. The second kappa shape index (κ2) is 6.56. The number of benzene rings is 2. The average Bonchev–Trinajstić information content (AvgIpc) is 2.53. The van der Waals surface area contributed by atoms with Crippen molar-refractivity contribution in [2.75, 3.05) is 26.4 Å². The lowest BCUT2D eigenvalue weighted by atomic mass is 10.1. The SMILES string of the molecule is O=C(NCC1COCCO1)c1ccc2cc(Br)ccc2c1. The molecular weight excluding hydrogens is 334 g/mol. The predicted octanol–water partition coefficient (Wildman–Crippen LogP) is 2.75. The number of amides is 1. The molecule has 0 saturated carbocycles. The molecule has 1 saturated heterocycles. The van der Waals surface area contributed by atoms with E-state index < -0.39 is 0 Å². The Balaban J connectivity index is 1.67. The van der Waals surface area contributed by atoms with Crippen molar-refractivity contribution in [2.24, 2.45) is 0 Å². The first-order valence-corrected chi connectivity index (χ1v) is 7.68. The van der Waals surface area contributed by atoms with E-state index in [0.717, 1.165) is 15.2 Å². The second-order valence-corrected chi connectivity index (χ2v) is 5.90. The van der Waals surface area contributed by atoms with Gasteiger partial charge >= 0.3 is 0 Å². The Labute approximate surface area is 131 Å². The average molecular weight is 350 g/mol. The van der Waals surface area contributed by atoms with Crippen LogP contribution in [0.5, 0.6) is 0 Å². The second-order valence-electron chi connectivity index (χ2n) is 4.98. The van der Waals surface area contributed by atoms with E-state index in [4.69, 9.17) is 9.47 Å². The molecule has 4 nitrogen and oxygen atoms in total. The summed E-state index contributed by atoms with van der Waals surface area (Å²) in [5.74, 6) is -0.0889. The van der Waals surface area contributed by atoms with Gasteiger partial charge in [-0.1, -0.05) is 28.1 Å². The summed E-state index contributed by atoms with van der Waals surface area (Å²) in [6.45, 7) is 2.22. The van der Waals surface area contributed by atoms with Crippen LogP contribution in [0.1, 0.15) is 10.4 Å². The van der Waals surface area contributed by atoms with Crippen molar-refractivity contribution in [1.82, 2.24) is 5.32 Å². The van der Waals surface area contributed by atoms with Crippen LogP contribution in [-0.2, 0) is 9.47 Å². The molecule has 5 heteroatoms. The Bertz CT molecular complexity index is 653. The van der Waals surface area contributed by atoms with Crippen LogP contribution in [0.15, 0.2) is 40.9 Å². The summed E-state index contributed by atoms with van der Waals surface area (Å²) in [6.07, 6.45) is -0.0564. The van der Waals surface area contributed by atoms with E-state index >= 15 is 0 Å². The minimum Gasteiger partial charge on any atom is -0.376 e. The fraction of sp³-hybridized carbons (Fsp3) is 0.312. The number of nitrogens with one attached hydrogen (secondary N) is 1. The molecule has 0 spiro atoms. The molecule has 0 aliphatic carbocycles. The number of carbonyl (C=O) groups excluding carboxylic acids is 1. The maximum Gasteiger partial charge on any atom is 0.251 e. The van der Waals surface area contributed by atoms with Gasteiger partial charge in [0, 0.05) is 16.6 Å². The van der Waals surface area contributed by atoms with Gasteiger partial charge in [0.2, 0.25) is 0 Å². The summed E-state index contributed by atoms with van der Waals surface area (Å²) in [5, 5.41) is 5.04. The first kappa shape index (κ1) is 14.5. The molecule has 0 radical (unpaired) electrons. The van der Waals surface area contributed by atoms with Crippen molar-refractivity contribution >= 4 is 32.6 Å². The van der Waals surface area contributed by atoms with E-state index in [9.17, 15) is 4.79 Å². The van der Waals surface area contributed by atoms with Crippen molar-refractivity contribution in [3.63, 3.8) is 0 Å². The molecule has 1 aliphatic heterocycles. The number of hydrogen-bond acceptors (Lipinski definition) is 3. The zero-order valence-corrected chi connectivity index (χ0v) is 13.1. The maximum atomic E-state index is 12.2. The van der Waals surface area contributed by atoms with Gasteiger partial charge in [-0.25, -0.2) is 0 Å². The molecule has 1 aliphatic rings. The lowest BCUT2D eigenvalue weighted by Gasteiger charge is -2.23. The number of ether oxygens (including phenoxy) is 2. The van der Waals surface area contributed by atoms with E-state index in [1.807, 2.05) is 36.4 Å². The molecule has 0 bridgehead atoms. The zero-order valence-electron chi connectivity index (χ0n) is 11.5. The lowest BCUT2D eigenvalue weighted by Crippen LogP contribution is -2.39. The van der Waals surface area contributed by atoms with Gasteiger partial charge < -0.3 is 14.8 Å². The van der Waals surface area contributed by atoms with Crippen LogP contribution in [-0.4, -0.2) is 38.4 Å². The van der Waals surface area contributed by atoms with Crippen LogP contribution in [0.4, 0.5) is 0 Å². The highest BCUT2D eigenvalue weighted by atomic mass is 79.9. The fourth-order valence-corrected chi connectivity index (χ4v) is 2.70. The van der Waals surface area contributed by atoms with Crippen molar-refractivity contribution in [1.29, 1.82) is 0 Å². The molecule has 1 unspecified atom stereocenters. The number of carbonyl (C=O) groups is 1. The minimum atomic E-state index is -0.0889. The van der Waals surface area contributed by atoms with Crippen LogP contribution in [0.25, 0.3) is 10.8 Å². The van der Waals surface area contributed by atoms with Crippen LogP contribution < -0.4 is 5.32 Å². The molecule has 1 amide bonds. The Hall–Kier alpha value is -1.43. The maximum absolute atomic E-state index is 12.2. The van der Waals surface area contributed by atoms with Crippen molar-refractivity contribution in [2.45, 2.75) is 6.10 Å². The Kier molecular flexibility index (Phi) is 4.53. The van der Waals surface area contributed by atoms with Gasteiger partial charge in [0.05, 0.1) is 25.9 Å².